The third-order valence-corrected chi connectivity index (χ3v) is 4.18. The minimum atomic E-state index is -0.341. The van der Waals surface area contributed by atoms with E-state index >= 15 is 0 Å². The lowest BCUT2D eigenvalue weighted by molar-refractivity contribution is 0.0526. The molecule has 3 aromatic rings. The number of esters is 1. The molecule has 0 bridgehead atoms. The monoisotopic (exact) mass is 362 g/mol. The van der Waals surface area contributed by atoms with Crippen molar-refractivity contribution >= 4 is 17.3 Å². The summed E-state index contributed by atoms with van der Waals surface area (Å²) in [7, 11) is 0. The Kier molecular flexibility index (Phi) is 5.45. The van der Waals surface area contributed by atoms with Crippen molar-refractivity contribution in [3.8, 4) is 5.69 Å². The summed E-state index contributed by atoms with van der Waals surface area (Å²) < 4.78 is 6.84. The average Bonchev–Trinajstić information content (AvgIpc) is 2.95. The van der Waals surface area contributed by atoms with E-state index in [2.05, 4.69) is 34.4 Å². The number of benzene rings is 2. The van der Waals surface area contributed by atoms with Gasteiger partial charge in [-0.05, 0) is 64.1 Å². The molecule has 0 aliphatic heterocycles. The van der Waals surface area contributed by atoms with Crippen LogP contribution in [0.25, 0.3) is 5.69 Å². The van der Waals surface area contributed by atoms with Gasteiger partial charge in [-0.2, -0.15) is 10.2 Å². The first-order chi connectivity index (χ1) is 13.0. The van der Waals surface area contributed by atoms with Crippen molar-refractivity contribution in [3.05, 3.63) is 71.0 Å². The highest BCUT2D eigenvalue weighted by Gasteiger charge is 2.12. The Hall–Kier alpha value is -3.28. The normalized spacial score (nSPS) is 11.1. The van der Waals surface area contributed by atoms with E-state index in [-0.39, 0.29) is 5.97 Å². The van der Waals surface area contributed by atoms with Crippen LogP contribution in [0.4, 0.5) is 11.4 Å². The Morgan fingerprint density at radius 3 is 2.30 bits per heavy atom. The number of nitrogens with zero attached hydrogens (tertiary/aromatic N) is 4. The molecule has 0 aliphatic carbocycles. The molecule has 2 aromatic carbocycles. The molecule has 0 radical (unpaired) electrons. The van der Waals surface area contributed by atoms with Crippen LogP contribution in [0.15, 0.2) is 58.8 Å². The van der Waals surface area contributed by atoms with Crippen LogP contribution in [0.1, 0.15) is 34.2 Å². The second kappa shape index (κ2) is 7.95. The van der Waals surface area contributed by atoms with Crippen LogP contribution in [0, 0.1) is 20.8 Å². The van der Waals surface area contributed by atoms with Gasteiger partial charge in [0.05, 0.1) is 34.9 Å². The van der Waals surface area contributed by atoms with Crippen molar-refractivity contribution < 1.29 is 9.53 Å². The number of aromatic nitrogens is 2. The van der Waals surface area contributed by atoms with Crippen LogP contribution in [0.3, 0.4) is 0 Å². The highest BCUT2D eigenvalue weighted by Crippen LogP contribution is 2.28. The molecular weight excluding hydrogens is 340 g/mol. The number of hydrogen-bond acceptors (Lipinski definition) is 5. The van der Waals surface area contributed by atoms with Gasteiger partial charge in [-0.25, -0.2) is 9.48 Å². The Morgan fingerprint density at radius 1 is 1.00 bits per heavy atom. The number of ether oxygens (including phenoxy) is 1. The van der Waals surface area contributed by atoms with E-state index in [1.165, 1.54) is 5.56 Å². The van der Waals surface area contributed by atoms with E-state index in [9.17, 15) is 4.79 Å². The minimum absolute atomic E-state index is 0.341. The molecule has 6 nitrogen and oxygen atoms in total. The minimum Gasteiger partial charge on any atom is -0.462 e. The number of hydrogen-bond donors (Lipinski definition) is 0. The molecule has 6 heteroatoms. The summed E-state index contributed by atoms with van der Waals surface area (Å²) in [5.41, 5.74) is 5.81. The topological polar surface area (TPSA) is 68.8 Å². The summed E-state index contributed by atoms with van der Waals surface area (Å²) in [6.45, 7) is 8.07. The fourth-order valence-electron chi connectivity index (χ4n) is 2.70. The molecule has 138 valence electrons. The van der Waals surface area contributed by atoms with Gasteiger partial charge >= 0.3 is 5.97 Å². The molecule has 1 aromatic heterocycles. The van der Waals surface area contributed by atoms with Crippen LogP contribution >= 0.6 is 0 Å². The van der Waals surface area contributed by atoms with Gasteiger partial charge in [0, 0.05) is 0 Å². The standard InChI is InChI=1S/C21H22N4O2/c1-5-27-21(26)17-8-10-18(11-9-17)22-23-20-15(3)24-25(16(20)4)19-12-6-14(2)7-13-19/h6-13H,5H2,1-4H3. The molecule has 0 spiro atoms. The van der Waals surface area contributed by atoms with Crippen molar-refractivity contribution in [1.29, 1.82) is 0 Å². The van der Waals surface area contributed by atoms with Gasteiger partial charge < -0.3 is 4.74 Å². The molecule has 0 amide bonds. The molecule has 0 unspecified atom stereocenters. The largest absolute Gasteiger partial charge is 0.462 e. The highest BCUT2D eigenvalue weighted by molar-refractivity contribution is 5.89. The van der Waals surface area contributed by atoms with E-state index < -0.39 is 0 Å². The summed E-state index contributed by atoms with van der Waals surface area (Å²) in [6.07, 6.45) is 0. The first-order valence-corrected chi connectivity index (χ1v) is 8.81. The molecule has 0 saturated heterocycles. The van der Waals surface area contributed by atoms with E-state index in [1.807, 2.05) is 30.7 Å². The summed E-state index contributed by atoms with van der Waals surface area (Å²) in [4.78, 5) is 11.7. The Bertz CT molecular complexity index is 971. The van der Waals surface area contributed by atoms with Crippen LogP contribution in [-0.2, 0) is 4.74 Å². The van der Waals surface area contributed by atoms with Crippen molar-refractivity contribution in [3.63, 3.8) is 0 Å². The van der Waals surface area contributed by atoms with Crippen LogP contribution < -0.4 is 0 Å². The van der Waals surface area contributed by atoms with Gasteiger partial charge in [0.1, 0.15) is 5.69 Å². The Balaban J connectivity index is 1.83. The van der Waals surface area contributed by atoms with Crippen molar-refractivity contribution in [1.82, 2.24) is 9.78 Å². The fourth-order valence-corrected chi connectivity index (χ4v) is 2.70. The molecule has 0 fully saturated rings. The summed E-state index contributed by atoms with van der Waals surface area (Å²) in [5, 5.41) is 13.2. The number of rotatable bonds is 5. The van der Waals surface area contributed by atoms with E-state index in [0.29, 0.717) is 17.9 Å². The lowest BCUT2D eigenvalue weighted by Gasteiger charge is -2.04. The predicted molar refractivity (Wildman–Crippen MR) is 104 cm³/mol. The van der Waals surface area contributed by atoms with Crippen molar-refractivity contribution in [2.45, 2.75) is 27.7 Å². The molecule has 0 atom stereocenters. The molecule has 27 heavy (non-hydrogen) atoms. The Morgan fingerprint density at radius 2 is 1.67 bits per heavy atom. The average molecular weight is 362 g/mol. The zero-order valence-corrected chi connectivity index (χ0v) is 15.9. The van der Waals surface area contributed by atoms with Crippen molar-refractivity contribution in [2.24, 2.45) is 10.2 Å². The third kappa shape index (κ3) is 4.11. The SMILES string of the molecule is CCOC(=O)c1ccc(N=Nc2c(C)nn(-c3ccc(C)cc3)c2C)cc1. The first-order valence-electron chi connectivity index (χ1n) is 8.81. The summed E-state index contributed by atoms with van der Waals surface area (Å²) >= 11 is 0. The zero-order valence-electron chi connectivity index (χ0n) is 15.9. The van der Waals surface area contributed by atoms with Gasteiger partial charge in [0.15, 0.2) is 0 Å². The lowest BCUT2D eigenvalue weighted by Crippen LogP contribution is -2.03. The molecule has 0 aliphatic rings. The number of aryl methyl sites for hydroxylation is 2. The highest BCUT2D eigenvalue weighted by atomic mass is 16.5. The zero-order chi connectivity index (χ0) is 19.4. The third-order valence-electron chi connectivity index (χ3n) is 4.18. The summed E-state index contributed by atoms with van der Waals surface area (Å²) in [5.74, 6) is -0.341. The summed E-state index contributed by atoms with van der Waals surface area (Å²) in [6, 6.07) is 15.0. The van der Waals surface area contributed by atoms with Gasteiger partial charge in [-0.3, -0.25) is 0 Å². The Labute approximate surface area is 158 Å². The van der Waals surface area contributed by atoms with Gasteiger partial charge in [-0.1, -0.05) is 17.7 Å². The van der Waals surface area contributed by atoms with Gasteiger partial charge in [-0.15, -0.1) is 5.11 Å². The molecule has 1 heterocycles. The molecular formula is C21H22N4O2. The van der Waals surface area contributed by atoms with Gasteiger partial charge in [0.25, 0.3) is 0 Å². The maximum Gasteiger partial charge on any atom is 0.338 e. The first kappa shape index (κ1) is 18.5. The smallest absolute Gasteiger partial charge is 0.338 e. The van der Waals surface area contributed by atoms with Gasteiger partial charge in [0.2, 0.25) is 0 Å². The van der Waals surface area contributed by atoms with Crippen LogP contribution in [-0.4, -0.2) is 22.4 Å². The molecule has 3 rings (SSSR count). The maximum atomic E-state index is 11.7. The fraction of sp³-hybridized carbons (Fsp3) is 0.238. The van der Waals surface area contributed by atoms with Crippen LogP contribution in [0.2, 0.25) is 0 Å². The quantitative estimate of drug-likeness (QED) is 0.451. The maximum absolute atomic E-state index is 11.7. The van der Waals surface area contributed by atoms with E-state index in [4.69, 9.17) is 4.74 Å². The molecule has 0 saturated carbocycles. The van der Waals surface area contributed by atoms with E-state index in [0.717, 1.165) is 22.8 Å². The predicted octanol–water partition coefficient (Wildman–Crippen LogP) is 5.39. The second-order valence-electron chi connectivity index (χ2n) is 6.23. The van der Waals surface area contributed by atoms with Crippen LogP contribution in [0.5, 0.6) is 0 Å². The second-order valence-corrected chi connectivity index (χ2v) is 6.23. The number of azo groups is 1. The van der Waals surface area contributed by atoms with E-state index in [1.54, 1.807) is 31.2 Å². The number of carbonyl (C=O) groups is 1. The lowest BCUT2D eigenvalue weighted by atomic mass is 10.2. The number of carbonyl (C=O) groups excluding carboxylic acids is 1. The van der Waals surface area contributed by atoms with Crippen molar-refractivity contribution in [2.75, 3.05) is 6.61 Å². The molecule has 0 N–H and O–H groups in total.